The van der Waals surface area contributed by atoms with Crippen molar-refractivity contribution >= 4 is 44.0 Å². The number of aromatic amines is 1. The van der Waals surface area contributed by atoms with Gasteiger partial charge in [-0.2, -0.15) is 0 Å². The highest BCUT2D eigenvalue weighted by Crippen LogP contribution is 2.53. The highest BCUT2D eigenvalue weighted by Gasteiger charge is 2.50. The fourth-order valence-electron chi connectivity index (χ4n) is 11.7. The van der Waals surface area contributed by atoms with Crippen LogP contribution in [0.2, 0.25) is 0 Å². The van der Waals surface area contributed by atoms with E-state index in [1.165, 1.54) is 35.0 Å². The minimum atomic E-state index is -4.58. The first kappa shape index (κ1) is 49.1. The summed E-state index contributed by atoms with van der Waals surface area (Å²) >= 11 is 0. The van der Waals surface area contributed by atoms with E-state index in [2.05, 4.69) is 85.0 Å². The zero-order chi connectivity index (χ0) is 50.4. The standard InChI is InChI=1S/C55H64N8O8S/c1-36(2)45-7-5-6-8-46(45)50-35-60(34-37-9-12-42(70-4)13-10-37)23-24-62(50)41-30-55(31-41)18-21-61(22-19-55)40-11-15-47(51(26-40)71-43-25-39-17-20-56-52(39)58-33-43)53(64)59-72(68,69)44-14-16-48(49(27-44)63(66)67)57-32-38-28-54(3,65)29-38/h5-17,20,25-27,33,36,38,41,50,57,65H,18-19,21-24,28-32,34-35H2,1-4H3,(H,56,58)(H,59,64)/t38?,50-,54?/m0/s1. The average molecular weight is 997 g/mol. The number of carbonyl (C=O) groups is 1. The fourth-order valence-corrected chi connectivity index (χ4v) is 12.7. The number of aliphatic hydroxyl groups is 1. The molecule has 1 atom stereocenters. The van der Waals surface area contributed by atoms with E-state index in [1.54, 1.807) is 38.4 Å². The number of hydrogen-bond donors (Lipinski definition) is 4. The molecule has 0 bridgehead atoms. The monoisotopic (exact) mass is 996 g/mol. The van der Waals surface area contributed by atoms with E-state index in [0.29, 0.717) is 48.8 Å². The first-order valence-corrected chi connectivity index (χ1v) is 26.5. The molecule has 2 saturated heterocycles. The van der Waals surface area contributed by atoms with Crippen LogP contribution in [0.5, 0.6) is 17.2 Å². The largest absolute Gasteiger partial charge is 0.497 e. The number of nitrogens with one attached hydrogen (secondary N) is 3. The molecule has 1 amide bonds. The number of H-pyrrole nitrogens is 1. The molecular weight excluding hydrogens is 933 g/mol. The van der Waals surface area contributed by atoms with Gasteiger partial charge in [-0.05, 0) is 128 Å². The lowest BCUT2D eigenvalue weighted by Gasteiger charge is -2.58. The van der Waals surface area contributed by atoms with Crippen LogP contribution in [0, 0.1) is 21.4 Å². The summed E-state index contributed by atoms with van der Waals surface area (Å²) in [5, 5.41) is 26.1. The maximum atomic E-state index is 14.1. The molecule has 2 aliphatic heterocycles. The second kappa shape index (κ2) is 19.8. The number of nitro benzene ring substituents is 1. The third-order valence-corrected chi connectivity index (χ3v) is 16.9. The summed E-state index contributed by atoms with van der Waals surface area (Å²) in [5.41, 5.74) is 4.77. The van der Waals surface area contributed by atoms with Crippen LogP contribution in [0.3, 0.4) is 0 Å². The van der Waals surface area contributed by atoms with Crippen molar-refractivity contribution in [1.82, 2.24) is 24.5 Å². The van der Waals surface area contributed by atoms with E-state index in [4.69, 9.17) is 9.47 Å². The summed E-state index contributed by atoms with van der Waals surface area (Å²) in [7, 11) is -2.88. The number of methoxy groups -OCH3 is 1. The summed E-state index contributed by atoms with van der Waals surface area (Å²) in [6, 6.07) is 30.5. The number of benzene rings is 4. The van der Waals surface area contributed by atoms with Gasteiger partial charge in [0, 0.05) is 87.3 Å². The molecule has 2 saturated carbocycles. The van der Waals surface area contributed by atoms with E-state index in [-0.39, 0.29) is 28.3 Å². The van der Waals surface area contributed by atoms with Gasteiger partial charge in [0.1, 0.15) is 28.6 Å². The molecule has 6 aromatic rings. The van der Waals surface area contributed by atoms with Crippen LogP contribution in [0.1, 0.15) is 98.3 Å². The van der Waals surface area contributed by atoms with Crippen LogP contribution in [-0.2, 0) is 16.6 Å². The van der Waals surface area contributed by atoms with E-state index < -0.39 is 37.0 Å². The summed E-state index contributed by atoms with van der Waals surface area (Å²) in [6.07, 6.45) is 8.73. The smallest absolute Gasteiger partial charge is 0.293 e. The number of pyridine rings is 1. The minimum absolute atomic E-state index is 0.0336. The molecule has 2 aliphatic carbocycles. The van der Waals surface area contributed by atoms with Gasteiger partial charge in [-0.1, -0.05) is 50.2 Å². The van der Waals surface area contributed by atoms with Crippen LogP contribution in [0.25, 0.3) is 11.0 Å². The molecule has 4 fully saturated rings. The number of piperidine rings is 1. The summed E-state index contributed by atoms with van der Waals surface area (Å²) in [6.45, 7) is 12.2. The number of amides is 1. The van der Waals surface area contributed by atoms with E-state index >= 15 is 0 Å². The van der Waals surface area contributed by atoms with Crippen molar-refractivity contribution in [3.8, 4) is 17.2 Å². The van der Waals surface area contributed by atoms with Gasteiger partial charge in [-0.15, -0.1) is 0 Å². The van der Waals surface area contributed by atoms with Crippen LogP contribution in [0.4, 0.5) is 17.1 Å². The average Bonchev–Trinajstić information content (AvgIpc) is 3.82. The van der Waals surface area contributed by atoms with Crippen molar-refractivity contribution in [1.29, 1.82) is 0 Å². The normalized spacial score (nSPS) is 21.6. The molecule has 0 unspecified atom stereocenters. The Morgan fingerprint density at radius 3 is 2.43 bits per heavy atom. The van der Waals surface area contributed by atoms with Crippen molar-refractivity contribution in [3.05, 3.63) is 142 Å². The maximum Gasteiger partial charge on any atom is 0.293 e. The predicted octanol–water partition coefficient (Wildman–Crippen LogP) is 9.40. The van der Waals surface area contributed by atoms with Crippen LogP contribution in [0.15, 0.2) is 114 Å². The summed E-state index contributed by atoms with van der Waals surface area (Å²) in [5.74, 6) is 0.944. The highest BCUT2D eigenvalue weighted by atomic mass is 32.2. The second-order valence-electron chi connectivity index (χ2n) is 21.1. The first-order chi connectivity index (χ1) is 34.5. The number of carbonyl (C=O) groups excluding carboxylic acids is 1. The number of piperazine rings is 1. The topological polar surface area (TPSA) is 195 Å². The lowest BCUT2D eigenvalue weighted by Crippen LogP contribution is -2.60. The van der Waals surface area contributed by atoms with Gasteiger partial charge in [0.05, 0.1) is 34.3 Å². The Hall–Kier alpha value is -6.53. The Morgan fingerprint density at radius 1 is 0.944 bits per heavy atom. The number of rotatable bonds is 16. The van der Waals surface area contributed by atoms with Crippen LogP contribution < -0.4 is 24.4 Å². The van der Waals surface area contributed by atoms with Crippen molar-refractivity contribution in [2.45, 2.75) is 94.3 Å². The third kappa shape index (κ3) is 10.4. The molecule has 17 heteroatoms. The lowest BCUT2D eigenvalue weighted by molar-refractivity contribution is -0.384. The van der Waals surface area contributed by atoms with Crippen molar-refractivity contribution in [3.63, 3.8) is 0 Å². The third-order valence-electron chi connectivity index (χ3n) is 15.6. The molecular formula is C55H64N8O8S. The Kier molecular flexibility index (Phi) is 13.5. The Balaban J connectivity index is 0.834. The molecule has 4 heterocycles. The number of nitrogens with zero attached hydrogens (tertiary/aromatic N) is 5. The number of nitro groups is 1. The van der Waals surface area contributed by atoms with Gasteiger partial charge in [-0.25, -0.2) is 18.1 Å². The van der Waals surface area contributed by atoms with Gasteiger partial charge >= 0.3 is 0 Å². The number of fused-ring (bicyclic) bond motifs is 1. The number of aromatic nitrogens is 2. The molecule has 378 valence electrons. The molecule has 4 N–H and O–H groups in total. The lowest BCUT2D eigenvalue weighted by atomic mass is 9.59. The Labute approximate surface area is 420 Å². The van der Waals surface area contributed by atoms with Gasteiger partial charge in [-0.3, -0.25) is 24.7 Å². The molecule has 1 spiro atoms. The zero-order valence-electron chi connectivity index (χ0n) is 41.3. The van der Waals surface area contributed by atoms with Gasteiger partial charge < -0.3 is 29.8 Å². The first-order valence-electron chi connectivity index (χ1n) is 25.1. The highest BCUT2D eigenvalue weighted by molar-refractivity contribution is 7.90. The number of sulfonamides is 1. The minimum Gasteiger partial charge on any atom is -0.497 e. The van der Waals surface area contributed by atoms with Crippen molar-refractivity contribution < 1.29 is 32.7 Å². The van der Waals surface area contributed by atoms with Crippen molar-refractivity contribution in [2.24, 2.45) is 11.3 Å². The zero-order valence-corrected chi connectivity index (χ0v) is 42.2. The van der Waals surface area contributed by atoms with E-state index in [0.717, 1.165) is 87.8 Å². The Morgan fingerprint density at radius 2 is 1.71 bits per heavy atom. The van der Waals surface area contributed by atoms with E-state index in [9.17, 15) is 28.4 Å². The molecule has 2 aromatic heterocycles. The molecule has 10 rings (SSSR count). The predicted molar refractivity (Wildman–Crippen MR) is 277 cm³/mol. The maximum absolute atomic E-state index is 14.1. The summed E-state index contributed by atoms with van der Waals surface area (Å²) in [4.78, 5) is 40.3. The number of hydrogen-bond acceptors (Lipinski definition) is 13. The molecule has 16 nitrogen and oxygen atoms in total. The van der Waals surface area contributed by atoms with Crippen LogP contribution in [-0.4, -0.2) is 102 Å². The van der Waals surface area contributed by atoms with Crippen molar-refractivity contribution in [2.75, 3.05) is 56.6 Å². The van der Waals surface area contributed by atoms with Crippen LogP contribution >= 0.6 is 0 Å². The Bertz CT molecular complexity index is 3060. The number of anilines is 2. The fraction of sp³-hybridized carbons (Fsp3) is 0.418. The number of ether oxygens (including phenoxy) is 2. The van der Waals surface area contributed by atoms with Gasteiger partial charge in [0.2, 0.25) is 0 Å². The molecule has 4 aromatic carbocycles. The SMILES string of the molecule is COc1ccc(CN2CCN(C3CC4(CCN(c5ccc(C(=O)NS(=O)(=O)c6ccc(NCC7CC(C)(O)C7)c([N+](=O)[O-])c6)c(Oc6cnc7[nH]ccc7c6)c5)CC4)C3)[C@H](c3ccccc3C(C)C)C2)cc1. The summed E-state index contributed by atoms with van der Waals surface area (Å²) < 4.78 is 41.5. The second-order valence-corrected chi connectivity index (χ2v) is 22.7. The van der Waals surface area contributed by atoms with Gasteiger partial charge in [0.15, 0.2) is 0 Å². The molecule has 0 radical (unpaired) electrons. The molecule has 4 aliphatic rings. The molecule has 72 heavy (non-hydrogen) atoms. The quantitative estimate of drug-likeness (QED) is 0.0530. The van der Waals surface area contributed by atoms with Gasteiger partial charge in [0.25, 0.3) is 21.6 Å². The van der Waals surface area contributed by atoms with E-state index in [1.807, 2.05) is 24.3 Å².